The fourth-order valence-electron chi connectivity index (χ4n) is 5.38. The van der Waals surface area contributed by atoms with Gasteiger partial charge in [-0.3, -0.25) is 9.58 Å². The van der Waals surface area contributed by atoms with E-state index in [0.29, 0.717) is 29.7 Å². The summed E-state index contributed by atoms with van der Waals surface area (Å²) in [4.78, 5) is 11.4. The summed E-state index contributed by atoms with van der Waals surface area (Å²) in [6.45, 7) is 8.32. The number of benzene rings is 1. The third kappa shape index (κ3) is 4.91. The number of nitrogens with zero attached hydrogens (tertiary/aromatic N) is 5. The van der Waals surface area contributed by atoms with E-state index in [1.807, 2.05) is 4.68 Å². The molecule has 3 aromatic rings. The first-order valence-electron chi connectivity index (χ1n) is 12.5. The molecule has 2 saturated heterocycles. The molecule has 10 nitrogen and oxygen atoms in total. The molecular formula is C25H36N8O2. The van der Waals surface area contributed by atoms with Crippen LogP contribution >= 0.6 is 0 Å². The van der Waals surface area contributed by atoms with Crippen LogP contribution in [0, 0.1) is 5.41 Å². The van der Waals surface area contributed by atoms with Gasteiger partial charge in [0, 0.05) is 56.4 Å². The van der Waals surface area contributed by atoms with E-state index >= 15 is 0 Å². The van der Waals surface area contributed by atoms with E-state index in [0.717, 1.165) is 62.4 Å². The molecule has 0 bridgehead atoms. The Morgan fingerprint density at radius 1 is 1.23 bits per heavy atom. The van der Waals surface area contributed by atoms with E-state index in [9.17, 15) is 5.11 Å². The lowest BCUT2D eigenvalue weighted by atomic mass is 9.74. The standard InChI is InChI=1S/C25H36N8O2/c1-3-4-19(7-8-34)29-23-22-20(30-24(26)31-23)10-28-33(22)12-18-6-5-17(9-21(18)35-2)11-32-15-25(16-32)13-27-14-25/h5-6,9-10,19,27,34H,3-4,7-8,11-16H2,1-2H3,(H3,26,29,30,31)/t19-/m0/s1. The molecule has 1 spiro atoms. The normalized spacial score (nSPS) is 17.8. The molecule has 188 valence electrons. The quantitative estimate of drug-likeness (QED) is 0.325. The molecule has 0 amide bonds. The summed E-state index contributed by atoms with van der Waals surface area (Å²) in [6.07, 6.45) is 4.27. The van der Waals surface area contributed by atoms with Crippen molar-refractivity contribution < 1.29 is 9.84 Å². The van der Waals surface area contributed by atoms with Crippen molar-refractivity contribution >= 4 is 22.8 Å². The predicted molar refractivity (Wildman–Crippen MR) is 136 cm³/mol. The number of fused-ring (bicyclic) bond motifs is 1. The molecule has 0 radical (unpaired) electrons. The summed E-state index contributed by atoms with van der Waals surface area (Å²) < 4.78 is 7.66. The molecule has 2 aliphatic heterocycles. The number of nitrogens with two attached hydrogens (primary N) is 1. The fraction of sp³-hybridized carbons (Fsp3) is 0.560. The first kappa shape index (κ1) is 23.8. The number of rotatable bonds is 11. The van der Waals surface area contributed by atoms with Crippen LogP contribution in [-0.2, 0) is 13.1 Å². The minimum atomic E-state index is 0.0935. The number of hydrogen-bond acceptors (Lipinski definition) is 9. The van der Waals surface area contributed by atoms with Gasteiger partial charge in [-0.05, 0) is 24.5 Å². The smallest absolute Gasteiger partial charge is 0.222 e. The highest BCUT2D eigenvalue weighted by Crippen LogP contribution is 2.35. The number of aliphatic hydroxyl groups is 1. The van der Waals surface area contributed by atoms with Crippen molar-refractivity contribution in [1.82, 2.24) is 30.0 Å². The number of nitrogens with one attached hydrogen (secondary N) is 2. The number of methoxy groups -OCH3 is 1. The molecule has 1 aromatic carbocycles. The van der Waals surface area contributed by atoms with Crippen LogP contribution in [0.15, 0.2) is 24.4 Å². The van der Waals surface area contributed by atoms with Crippen LogP contribution < -0.4 is 21.1 Å². The van der Waals surface area contributed by atoms with Crippen LogP contribution in [0.2, 0.25) is 0 Å². The second kappa shape index (κ2) is 9.96. The number of anilines is 2. The van der Waals surface area contributed by atoms with Gasteiger partial charge in [-0.1, -0.05) is 25.5 Å². The molecular weight excluding hydrogens is 444 g/mol. The third-order valence-electron chi connectivity index (χ3n) is 7.16. The largest absolute Gasteiger partial charge is 0.496 e. The van der Waals surface area contributed by atoms with Gasteiger partial charge in [-0.15, -0.1) is 0 Å². The maximum Gasteiger partial charge on any atom is 0.222 e. The molecule has 5 N–H and O–H groups in total. The van der Waals surface area contributed by atoms with E-state index in [-0.39, 0.29) is 18.6 Å². The zero-order valence-electron chi connectivity index (χ0n) is 20.6. The molecule has 4 heterocycles. The van der Waals surface area contributed by atoms with E-state index in [1.165, 1.54) is 5.56 Å². The fourth-order valence-corrected chi connectivity index (χ4v) is 5.38. The van der Waals surface area contributed by atoms with Gasteiger partial charge in [0.25, 0.3) is 0 Å². The van der Waals surface area contributed by atoms with Crippen molar-refractivity contribution in [3.63, 3.8) is 0 Å². The predicted octanol–water partition coefficient (Wildman–Crippen LogP) is 1.83. The second-order valence-electron chi connectivity index (χ2n) is 10.0. The highest BCUT2D eigenvalue weighted by molar-refractivity contribution is 5.86. The molecule has 0 unspecified atom stereocenters. The first-order chi connectivity index (χ1) is 17.0. The summed E-state index contributed by atoms with van der Waals surface area (Å²) in [7, 11) is 1.71. The summed E-state index contributed by atoms with van der Waals surface area (Å²) in [5.41, 5.74) is 10.3. The van der Waals surface area contributed by atoms with Crippen molar-refractivity contribution in [2.45, 2.75) is 45.3 Å². The van der Waals surface area contributed by atoms with Crippen LogP contribution in [0.1, 0.15) is 37.3 Å². The van der Waals surface area contributed by atoms with Gasteiger partial charge in [0.2, 0.25) is 5.95 Å². The van der Waals surface area contributed by atoms with Gasteiger partial charge >= 0.3 is 0 Å². The van der Waals surface area contributed by atoms with Crippen LogP contribution in [0.4, 0.5) is 11.8 Å². The Bertz CT molecular complexity index is 1160. The first-order valence-corrected chi connectivity index (χ1v) is 12.5. The van der Waals surface area contributed by atoms with Gasteiger partial charge in [-0.25, -0.2) is 4.98 Å². The Morgan fingerprint density at radius 2 is 2.06 bits per heavy atom. The lowest BCUT2D eigenvalue weighted by molar-refractivity contribution is -0.0444. The lowest BCUT2D eigenvalue weighted by Gasteiger charge is -2.56. The summed E-state index contributed by atoms with van der Waals surface area (Å²) in [5.74, 6) is 1.69. The summed E-state index contributed by atoms with van der Waals surface area (Å²) in [6, 6.07) is 6.53. The number of aromatic nitrogens is 4. The van der Waals surface area contributed by atoms with E-state index in [1.54, 1.807) is 13.3 Å². The SMILES string of the molecule is CCC[C@@H](CCO)Nc1nc(N)nc2cnn(Cc3ccc(CN4CC5(CNC5)C4)cc3OC)c12. The highest BCUT2D eigenvalue weighted by atomic mass is 16.5. The Morgan fingerprint density at radius 3 is 2.74 bits per heavy atom. The lowest BCUT2D eigenvalue weighted by Crippen LogP contribution is -2.70. The monoisotopic (exact) mass is 480 g/mol. The zero-order valence-corrected chi connectivity index (χ0v) is 20.6. The molecule has 2 fully saturated rings. The van der Waals surface area contributed by atoms with Gasteiger partial charge in [0.15, 0.2) is 5.82 Å². The zero-order chi connectivity index (χ0) is 24.4. The van der Waals surface area contributed by atoms with Crippen molar-refractivity contribution in [2.75, 3.05) is 50.9 Å². The Labute approximate surface area is 205 Å². The van der Waals surface area contributed by atoms with Crippen molar-refractivity contribution in [1.29, 1.82) is 0 Å². The van der Waals surface area contributed by atoms with Gasteiger partial charge < -0.3 is 26.2 Å². The number of aliphatic hydroxyl groups excluding tert-OH is 1. The van der Waals surface area contributed by atoms with Crippen molar-refractivity contribution in [3.05, 3.63) is 35.5 Å². The Balaban J connectivity index is 1.36. The van der Waals surface area contributed by atoms with Crippen LogP contribution in [-0.4, -0.2) is 75.7 Å². The van der Waals surface area contributed by atoms with Gasteiger partial charge in [-0.2, -0.15) is 10.1 Å². The number of hydrogen-bond donors (Lipinski definition) is 4. The van der Waals surface area contributed by atoms with E-state index in [4.69, 9.17) is 10.5 Å². The van der Waals surface area contributed by atoms with E-state index in [2.05, 4.69) is 55.7 Å². The molecule has 10 heteroatoms. The number of likely N-dealkylation sites (tertiary alicyclic amines) is 1. The molecule has 0 saturated carbocycles. The third-order valence-corrected chi connectivity index (χ3v) is 7.16. The van der Waals surface area contributed by atoms with Gasteiger partial charge in [0.05, 0.1) is 19.9 Å². The van der Waals surface area contributed by atoms with Crippen molar-refractivity contribution in [2.24, 2.45) is 5.41 Å². The Hall–Kier alpha value is -2.95. The Kier molecular flexibility index (Phi) is 6.77. The van der Waals surface area contributed by atoms with Gasteiger partial charge in [0.1, 0.15) is 16.8 Å². The summed E-state index contributed by atoms with van der Waals surface area (Å²) in [5, 5.41) is 20.9. The molecule has 35 heavy (non-hydrogen) atoms. The minimum absolute atomic E-state index is 0.0935. The number of nitrogen functional groups attached to an aromatic ring is 1. The molecule has 0 aliphatic carbocycles. The molecule has 2 aliphatic rings. The average Bonchev–Trinajstić information content (AvgIpc) is 3.18. The maximum absolute atomic E-state index is 9.48. The van der Waals surface area contributed by atoms with Crippen LogP contribution in [0.25, 0.3) is 11.0 Å². The van der Waals surface area contributed by atoms with Crippen LogP contribution in [0.5, 0.6) is 5.75 Å². The molecule has 5 rings (SSSR count). The minimum Gasteiger partial charge on any atom is -0.496 e. The average molecular weight is 481 g/mol. The number of ether oxygens (including phenoxy) is 1. The highest BCUT2D eigenvalue weighted by Gasteiger charge is 2.47. The molecule has 1 atom stereocenters. The topological polar surface area (TPSA) is 126 Å². The summed E-state index contributed by atoms with van der Waals surface area (Å²) >= 11 is 0. The second-order valence-corrected chi connectivity index (χ2v) is 10.0. The maximum atomic E-state index is 9.48. The van der Waals surface area contributed by atoms with E-state index < -0.39 is 0 Å². The van der Waals surface area contributed by atoms with Crippen LogP contribution in [0.3, 0.4) is 0 Å². The molecule has 2 aromatic heterocycles. The van der Waals surface area contributed by atoms with Crippen molar-refractivity contribution in [3.8, 4) is 5.75 Å².